The number of fused-ring (bicyclic) bond motifs is 2. The van der Waals surface area contributed by atoms with E-state index in [9.17, 15) is 14.4 Å². The fourth-order valence-electron chi connectivity index (χ4n) is 3.08. The predicted octanol–water partition coefficient (Wildman–Crippen LogP) is 0.884. The minimum absolute atomic E-state index is 0.150. The third-order valence-corrected chi connectivity index (χ3v) is 5.43. The van der Waals surface area contributed by atoms with Crippen LogP contribution in [0.1, 0.15) is 31.0 Å². The van der Waals surface area contributed by atoms with Crippen LogP contribution in [0.25, 0.3) is 10.5 Å². The molecule has 1 aliphatic rings. The summed E-state index contributed by atoms with van der Waals surface area (Å²) >= 11 is 1.03. The van der Waals surface area contributed by atoms with Gasteiger partial charge in [0.05, 0.1) is 11.3 Å². The molecule has 1 amide bonds. The molecule has 8 heteroatoms. The summed E-state index contributed by atoms with van der Waals surface area (Å²) in [7, 11) is 0. The number of hydrogen-bond donors (Lipinski definition) is 0. The van der Waals surface area contributed by atoms with Crippen molar-refractivity contribution in [1.29, 1.82) is 0 Å². The number of anilines is 1. The molecule has 4 rings (SSSR count). The van der Waals surface area contributed by atoms with E-state index in [-0.39, 0.29) is 21.1 Å². The molecule has 0 aliphatic carbocycles. The van der Waals surface area contributed by atoms with Crippen LogP contribution < -0.4 is 20.6 Å². The Kier molecular flexibility index (Phi) is 3.91. The quantitative estimate of drug-likeness (QED) is 0.685. The molecular weight excluding hydrogens is 352 g/mol. The van der Waals surface area contributed by atoms with Crippen LogP contribution in [0, 0.1) is 6.92 Å². The van der Waals surface area contributed by atoms with Crippen LogP contribution in [0.3, 0.4) is 0 Å². The van der Waals surface area contributed by atoms with E-state index >= 15 is 0 Å². The Morgan fingerprint density at radius 2 is 1.92 bits per heavy atom. The van der Waals surface area contributed by atoms with Gasteiger partial charge in [0.2, 0.25) is 4.96 Å². The molecule has 0 unspecified atom stereocenters. The van der Waals surface area contributed by atoms with Gasteiger partial charge in [-0.1, -0.05) is 42.9 Å². The molecule has 0 spiro atoms. The highest BCUT2D eigenvalue weighted by Crippen LogP contribution is 2.35. The normalized spacial score (nSPS) is 15.8. The molecule has 132 valence electrons. The number of nitrogens with zero attached hydrogens (tertiary/aromatic N) is 4. The van der Waals surface area contributed by atoms with Crippen molar-refractivity contribution in [3.05, 3.63) is 60.8 Å². The number of hydrogen-bond acceptors (Lipinski definition) is 6. The van der Waals surface area contributed by atoms with Crippen LogP contribution in [0.5, 0.6) is 0 Å². The number of aromatic nitrogens is 3. The maximum Gasteiger partial charge on any atom is 0.295 e. The van der Waals surface area contributed by atoms with Gasteiger partial charge in [-0.2, -0.15) is 14.6 Å². The summed E-state index contributed by atoms with van der Waals surface area (Å²) in [6.45, 7) is 4.17. The maximum atomic E-state index is 13.1. The average molecular weight is 368 g/mol. The molecule has 2 aromatic heterocycles. The van der Waals surface area contributed by atoms with Crippen molar-refractivity contribution in [3.8, 4) is 0 Å². The fourth-order valence-corrected chi connectivity index (χ4v) is 4.07. The van der Waals surface area contributed by atoms with E-state index in [4.69, 9.17) is 0 Å². The van der Waals surface area contributed by atoms with Crippen molar-refractivity contribution < 1.29 is 4.79 Å². The summed E-state index contributed by atoms with van der Waals surface area (Å²) in [5, 5.41) is 4.02. The van der Waals surface area contributed by atoms with E-state index in [1.54, 1.807) is 4.90 Å². The number of carbonyl (C=O) groups is 1. The van der Waals surface area contributed by atoms with Gasteiger partial charge in [-0.05, 0) is 19.4 Å². The zero-order valence-corrected chi connectivity index (χ0v) is 15.2. The summed E-state index contributed by atoms with van der Waals surface area (Å²) < 4.78 is 1.38. The van der Waals surface area contributed by atoms with Crippen molar-refractivity contribution in [1.82, 2.24) is 14.6 Å². The zero-order valence-electron chi connectivity index (χ0n) is 14.4. The first-order valence-electron chi connectivity index (χ1n) is 8.39. The molecule has 0 N–H and O–H groups in total. The lowest BCUT2D eigenvalue weighted by Crippen LogP contribution is -2.33. The van der Waals surface area contributed by atoms with Gasteiger partial charge in [0.15, 0.2) is 0 Å². The number of carbonyl (C=O) groups excluding carboxylic acids is 1. The second-order valence-corrected chi connectivity index (χ2v) is 7.11. The van der Waals surface area contributed by atoms with Crippen LogP contribution in [-0.2, 0) is 4.79 Å². The Morgan fingerprint density at radius 3 is 2.69 bits per heavy atom. The number of rotatable bonds is 3. The van der Waals surface area contributed by atoms with Crippen molar-refractivity contribution in [2.45, 2.75) is 26.7 Å². The van der Waals surface area contributed by atoms with Crippen LogP contribution in [0.4, 0.5) is 5.69 Å². The van der Waals surface area contributed by atoms with E-state index in [0.717, 1.165) is 39.9 Å². The van der Waals surface area contributed by atoms with Crippen molar-refractivity contribution >= 4 is 33.5 Å². The van der Waals surface area contributed by atoms with Gasteiger partial charge in [0.1, 0.15) is 10.2 Å². The second kappa shape index (κ2) is 6.14. The van der Waals surface area contributed by atoms with Crippen LogP contribution in [-0.4, -0.2) is 27.0 Å². The molecular formula is C18H16N4O3S. The summed E-state index contributed by atoms with van der Waals surface area (Å²) in [5.74, 6) is -0.192. The summed E-state index contributed by atoms with van der Waals surface area (Å²) in [5.41, 5.74) is 1.17. The first kappa shape index (κ1) is 16.6. The van der Waals surface area contributed by atoms with Crippen LogP contribution in [0.2, 0.25) is 0 Å². The van der Waals surface area contributed by atoms with Crippen molar-refractivity contribution in [3.63, 3.8) is 0 Å². The number of benzene rings is 1. The Balaban J connectivity index is 2.05. The Labute approximate surface area is 152 Å². The molecule has 0 saturated heterocycles. The number of amides is 1. The molecule has 3 aromatic rings. The smallest absolute Gasteiger partial charge is 0.295 e. The van der Waals surface area contributed by atoms with Gasteiger partial charge >= 0.3 is 0 Å². The minimum atomic E-state index is -0.467. The SMILES string of the molecule is CCCCN1C(=O)/C(=c2\sc3nc(=O)c(C)nn3c2=O)c2ccccc21. The number of aryl methyl sites for hydroxylation is 1. The lowest BCUT2D eigenvalue weighted by molar-refractivity contribution is -0.113. The monoisotopic (exact) mass is 368 g/mol. The Bertz CT molecular complexity index is 1210. The van der Waals surface area contributed by atoms with Crippen molar-refractivity contribution in [2.24, 2.45) is 0 Å². The summed E-state index contributed by atoms with van der Waals surface area (Å²) in [4.78, 5) is 43.5. The van der Waals surface area contributed by atoms with Crippen molar-refractivity contribution in [2.75, 3.05) is 11.4 Å². The molecule has 0 bridgehead atoms. The van der Waals surface area contributed by atoms with Gasteiger partial charge in [-0.25, -0.2) is 0 Å². The van der Waals surface area contributed by atoms with E-state index in [0.29, 0.717) is 12.1 Å². The topological polar surface area (TPSA) is 84.6 Å². The lowest BCUT2D eigenvalue weighted by atomic mass is 10.1. The number of para-hydroxylation sites is 1. The number of thiazole rings is 1. The highest BCUT2D eigenvalue weighted by atomic mass is 32.1. The van der Waals surface area contributed by atoms with E-state index < -0.39 is 11.1 Å². The summed E-state index contributed by atoms with van der Waals surface area (Å²) in [6.07, 6.45) is 1.84. The molecule has 0 atom stereocenters. The molecule has 1 aromatic carbocycles. The molecule has 7 nitrogen and oxygen atoms in total. The minimum Gasteiger partial charge on any atom is -0.308 e. The zero-order chi connectivity index (χ0) is 18.4. The second-order valence-electron chi connectivity index (χ2n) is 6.14. The van der Waals surface area contributed by atoms with Gasteiger partial charge < -0.3 is 4.90 Å². The molecule has 0 radical (unpaired) electrons. The summed E-state index contributed by atoms with van der Waals surface area (Å²) in [6, 6.07) is 7.45. The maximum absolute atomic E-state index is 13.1. The highest BCUT2D eigenvalue weighted by Gasteiger charge is 2.33. The van der Waals surface area contributed by atoms with Crippen LogP contribution >= 0.6 is 11.3 Å². The average Bonchev–Trinajstić information content (AvgIpc) is 3.08. The first-order chi connectivity index (χ1) is 12.5. The van der Waals surface area contributed by atoms with Crippen LogP contribution in [0.15, 0.2) is 33.9 Å². The molecule has 26 heavy (non-hydrogen) atoms. The Hall–Kier alpha value is -2.87. The fraction of sp³-hybridized carbons (Fsp3) is 0.278. The molecule has 0 saturated carbocycles. The largest absolute Gasteiger partial charge is 0.308 e. The third kappa shape index (κ3) is 2.37. The predicted molar refractivity (Wildman–Crippen MR) is 99.6 cm³/mol. The van der Waals surface area contributed by atoms with E-state index in [1.807, 2.05) is 24.3 Å². The van der Waals surface area contributed by atoms with Gasteiger partial charge in [0, 0.05) is 12.1 Å². The van der Waals surface area contributed by atoms with Gasteiger partial charge in [-0.15, -0.1) is 0 Å². The van der Waals surface area contributed by atoms with Gasteiger partial charge in [0.25, 0.3) is 17.0 Å². The highest BCUT2D eigenvalue weighted by molar-refractivity contribution is 7.15. The number of unbranched alkanes of at least 4 members (excludes halogenated alkanes) is 1. The van der Waals surface area contributed by atoms with Gasteiger partial charge in [-0.3, -0.25) is 14.4 Å². The molecule has 1 aliphatic heterocycles. The molecule has 0 fully saturated rings. The van der Waals surface area contributed by atoms with E-state index in [2.05, 4.69) is 17.0 Å². The third-order valence-electron chi connectivity index (χ3n) is 4.40. The standard InChI is InChI=1S/C18H16N4O3S/c1-3-4-9-21-12-8-6-5-7-11(12)13(16(21)24)14-17(25)22-18(26-14)19-15(23)10(2)20-22/h5-8H,3-4,9H2,1-2H3/b14-13-. The van der Waals surface area contributed by atoms with E-state index in [1.165, 1.54) is 6.92 Å². The lowest BCUT2D eigenvalue weighted by Gasteiger charge is -2.16. The Morgan fingerprint density at radius 1 is 1.15 bits per heavy atom. The molecule has 3 heterocycles. The first-order valence-corrected chi connectivity index (χ1v) is 9.20.